The highest BCUT2D eigenvalue weighted by Gasteiger charge is 2.22. The number of ether oxygens (including phenoxy) is 2. The van der Waals surface area contributed by atoms with Gasteiger partial charge in [0, 0.05) is 36.1 Å². The predicted molar refractivity (Wildman–Crippen MR) is 157 cm³/mol. The number of rotatable bonds is 9. The van der Waals surface area contributed by atoms with E-state index in [1.54, 1.807) is 43.3 Å². The summed E-state index contributed by atoms with van der Waals surface area (Å²) < 4.78 is 41.1. The molecule has 0 unspecified atom stereocenters. The lowest BCUT2D eigenvalue weighted by atomic mass is 10.00. The van der Waals surface area contributed by atoms with Gasteiger partial charge in [0.2, 0.25) is 0 Å². The number of hydrogen-bond acceptors (Lipinski definition) is 6. The molecule has 1 fully saturated rings. The number of nitrogens with one attached hydrogen (secondary N) is 1. The van der Waals surface area contributed by atoms with Crippen LogP contribution < -0.4 is 9.46 Å². The first-order valence-corrected chi connectivity index (χ1v) is 15.2. The lowest BCUT2D eigenvalue weighted by molar-refractivity contribution is -0.147. The van der Waals surface area contributed by atoms with Crippen LogP contribution in [0.2, 0.25) is 0 Å². The fourth-order valence-electron chi connectivity index (χ4n) is 5.50. The molecular weight excluding hydrogens is 540 g/mol. The largest absolute Gasteiger partial charge is 0.496 e. The number of amides is 1. The maximum absolute atomic E-state index is 12.9. The number of aryl methyl sites for hydroxylation is 2. The predicted octanol–water partition coefficient (Wildman–Crippen LogP) is 5.23. The van der Waals surface area contributed by atoms with Crippen LogP contribution in [0.25, 0.3) is 10.9 Å². The van der Waals surface area contributed by atoms with Crippen molar-refractivity contribution in [1.29, 1.82) is 0 Å². The Labute approximate surface area is 240 Å². The van der Waals surface area contributed by atoms with Gasteiger partial charge >= 0.3 is 5.97 Å². The molecule has 9 heteroatoms. The van der Waals surface area contributed by atoms with Gasteiger partial charge in [-0.1, -0.05) is 30.3 Å². The first kappa shape index (κ1) is 28.4. The van der Waals surface area contributed by atoms with Crippen LogP contribution in [0.1, 0.15) is 58.3 Å². The lowest BCUT2D eigenvalue weighted by Crippen LogP contribution is -2.31. The molecule has 1 aliphatic rings. The molecular formula is C32H34N2O6S. The minimum atomic E-state index is -4.03. The molecule has 1 N–H and O–H groups in total. The van der Waals surface area contributed by atoms with Crippen LogP contribution in [0.3, 0.4) is 0 Å². The highest BCUT2D eigenvalue weighted by Crippen LogP contribution is 2.29. The van der Waals surface area contributed by atoms with Gasteiger partial charge in [0.05, 0.1) is 18.4 Å². The average Bonchev–Trinajstić information content (AvgIpc) is 3.56. The number of carbonyl (C=O) groups is 2. The molecule has 0 aliphatic heterocycles. The average molecular weight is 575 g/mol. The number of nitrogens with zero attached hydrogens (tertiary/aromatic N) is 1. The van der Waals surface area contributed by atoms with E-state index in [0.717, 1.165) is 53.3 Å². The second-order valence-corrected chi connectivity index (χ2v) is 12.2. The molecule has 5 rings (SSSR count). The Hall–Kier alpha value is -4.11. The third-order valence-electron chi connectivity index (χ3n) is 7.63. The molecule has 214 valence electrons. The summed E-state index contributed by atoms with van der Waals surface area (Å²) in [5.41, 5.74) is 4.51. The first-order valence-electron chi connectivity index (χ1n) is 13.7. The van der Waals surface area contributed by atoms with Crippen molar-refractivity contribution in [2.45, 2.75) is 56.4 Å². The molecule has 1 heterocycles. The number of fused-ring (bicyclic) bond motifs is 1. The van der Waals surface area contributed by atoms with E-state index in [1.807, 2.05) is 36.0 Å². The highest BCUT2D eigenvalue weighted by molar-refractivity contribution is 7.90. The van der Waals surface area contributed by atoms with Crippen LogP contribution >= 0.6 is 0 Å². The van der Waals surface area contributed by atoms with E-state index in [1.165, 1.54) is 13.2 Å². The van der Waals surface area contributed by atoms with Gasteiger partial charge in [0.1, 0.15) is 11.9 Å². The Morgan fingerprint density at radius 1 is 1.00 bits per heavy atom. The smallest absolute Gasteiger partial charge is 0.310 e. The molecule has 0 saturated heterocycles. The number of aromatic nitrogens is 1. The summed E-state index contributed by atoms with van der Waals surface area (Å²) in [4.78, 5) is 25.5. The van der Waals surface area contributed by atoms with Crippen molar-refractivity contribution in [3.05, 3.63) is 94.7 Å². The molecule has 1 amide bonds. The summed E-state index contributed by atoms with van der Waals surface area (Å²) in [6.45, 7) is 1.68. The van der Waals surface area contributed by atoms with Gasteiger partial charge in [0.15, 0.2) is 0 Å². The third-order valence-corrected chi connectivity index (χ3v) is 9.12. The third kappa shape index (κ3) is 6.30. The summed E-state index contributed by atoms with van der Waals surface area (Å²) >= 11 is 0. The number of sulfonamides is 1. The van der Waals surface area contributed by atoms with Gasteiger partial charge in [-0.3, -0.25) is 9.59 Å². The molecule has 1 saturated carbocycles. The standard InChI is InChI=1S/C32H34N2O6S/c1-21-8-4-7-11-30(21)41(37,38)33-32(36)24-14-13-23(29(19-24)39-3)18-25-20-34(2)28-15-12-22(16-27(25)28)17-31(35)40-26-9-5-6-10-26/h4,7-8,11-16,19-20,26H,5-6,9-10,17-18H2,1-3H3,(H,33,36). The Morgan fingerprint density at radius 3 is 2.49 bits per heavy atom. The summed E-state index contributed by atoms with van der Waals surface area (Å²) in [6, 6.07) is 17.4. The van der Waals surface area contributed by atoms with Gasteiger partial charge in [-0.2, -0.15) is 0 Å². The quantitative estimate of drug-likeness (QED) is 0.275. The maximum Gasteiger partial charge on any atom is 0.310 e. The summed E-state index contributed by atoms with van der Waals surface area (Å²) in [5.74, 6) is -0.467. The van der Waals surface area contributed by atoms with Gasteiger partial charge in [-0.25, -0.2) is 13.1 Å². The van der Waals surface area contributed by atoms with Crippen LogP contribution in [-0.4, -0.2) is 38.1 Å². The number of benzene rings is 3. The molecule has 3 aromatic carbocycles. The topological polar surface area (TPSA) is 104 Å². The number of carbonyl (C=O) groups excluding carboxylic acids is 2. The van der Waals surface area contributed by atoms with Crippen molar-refractivity contribution in [1.82, 2.24) is 9.29 Å². The first-order chi connectivity index (χ1) is 19.6. The van der Waals surface area contributed by atoms with E-state index in [-0.39, 0.29) is 29.0 Å². The van der Waals surface area contributed by atoms with Crippen LogP contribution in [0.15, 0.2) is 71.8 Å². The highest BCUT2D eigenvalue weighted by atomic mass is 32.2. The van der Waals surface area contributed by atoms with Crippen LogP contribution in [0, 0.1) is 6.92 Å². The molecule has 0 bridgehead atoms. The van der Waals surface area contributed by atoms with Crippen molar-refractivity contribution in [3.8, 4) is 5.75 Å². The summed E-state index contributed by atoms with van der Waals surface area (Å²) in [7, 11) is -0.547. The molecule has 0 atom stereocenters. The van der Waals surface area contributed by atoms with Crippen LogP contribution in [0.4, 0.5) is 0 Å². The van der Waals surface area contributed by atoms with E-state index in [9.17, 15) is 18.0 Å². The van der Waals surface area contributed by atoms with Crippen molar-refractivity contribution in [2.75, 3.05) is 7.11 Å². The van der Waals surface area contributed by atoms with Crippen LogP contribution in [0.5, 0.6) is 5.75 Å². The molecule has 8 nitrogen and oxygen atoms in total. The SMILES string of the molecule is COc1cc(C(=O)NS(=O)(=O)c2ccccc2C)ccc1Cc1cn(C)c2ccc(CC(=O)OC3CCCC3)cc12. The van der Waals surface area contributed by atoms with Crippen molar-refractivity contribution < 1.29 is 27.5 Å². The number of esters is 1. The minimum Gasteiger partial charge on any atom is -0.496 e. The second-order valence-electron chi connectivity index (χ2n) is 10.6. The Balaban J connectivity index is 1.35. The molecule has 41 heavy (non-hydrogen) atoms. The summed E-state index contributed by atoms with van der Waals surface area (Å²) in [5, 5.41) is 1.02. The zero-order valence-corrected chi connectivity index (χ0v) is 24.3. The number of hydrogen-bond donors (Lipinski definition) is 1. The van der Waals surface area contributed by atoms with Gasteiger partial charge in [0.25, 0.3) is 15.9 Å². The van der Waals surface area contributed by atoms with E-state index in [2.05, 4.69) is 4.72 Å². The van der Waals surface area contributed by atoms with Crippen molar-refractivity contribution in [3.63, 3.8) is 0 Å². The minimum absolute atomic E-state index is 0.0404. The van der Waals surface area contributed by atoms with Crippen molar-refractivity contribution >= 4 is 32.8 Å². The van der Waals surface area contributed by atoms with E-state index in [4.69, 9.17) is 9.47 Å². The lowest BCUT2D eigenvalue weighted by Gasteiger charge is -2.13. The monoisotopic (exact) mass is 574 g/mol. The molecule has 0 radical (unpaired) electrons. The molecule has 4 aromatic rings. The normalized spacial score (nSPS) is 13.8. The van der Waals surface area contributed by atoms with E-state index in [0.29, 0.717) is 17.7 Å². The molecule has 1 aliphatic carbocycles. The Morgan fingerprint density at radius 2 is 1.76 bits per heavy atom. The van der Waals surface area contributed by atoms with Gasteiger partial charge in [-0.05, 0) is 85.2 Å². The molecule has 1 aromatic heterocycles. The zero-order valence-electron chi connectivity index (χ0n) is 23.5. The summed E-state index contributed by atoms with van der Waals surface area (Å²) in [6.07, 6.45) is 6.92. The fourth-order valence-corrected chi connectivity index (χ4v) is 6.72. The van der Waals surface area contributed by atoms with Gasteiger partial charge < -0.3 is 14.0 Å². The zero-order chi connectivity index (χ0) is 29.1. The van der Waals surface area contributed by atoms with Gasteiger partial charge in [-0.15, -0.1) is 0 Å². The maximum atomic E-state index is 12.9. The van der Waals surface area contributed by atoms with E-state index >= 15 is 0 Å². The Kier molecular flexibility index (Phi) is 8.17. The molecule has 0 spiro atoms. The second kappa shape index (κ2) is 11.8. The van der Waals surface area contributed by atoms with E-state index < -0.39 is 15.9 Å². The Bertz CT molecular complexity index is 1720. The number of methoxy groups -OCH3 is 1. The van der Waals surface area contributed by atoms with Crippen LogP contribution in [-0.2, 0) is 39.4 Å². The van der Waals surface area contributed by atoms with Crippen molar-refractivity contribution in [2.24, 2.45) is 7.05 Å². The fraction of sp³-hybridized carbons (Fsp3) is 0.312.